The standard InChI is InChI=1S/C29H29BrN2O5.C2HF3O2/c1-27-20(17-11-6-4-7-12-17)21(18-13-8-5-9-14-18)28(2,25(27)35)29(30)22(27)23(33)32(26(29)36)16-10-15-19(31)24(34)37-3;3-2(4,5)1(6)7/h4-9,11-14,19,22H,10,15-16,31H2,1-3H3;(H,6,7)/t19-,22?,27?,28?,29?;/m0./s1. The molecule has 5 rings (SSSR count). The Kier molecular flexibility index (Phi) is 8.70. The zero-order valence-corrected chi connectivity index (χ0v) is 25.7. The summed E-state index contributed by atoms with van der Waals surface area (Å²) >= 11 is 3.75. The van der Waals surface area contributed by atoms with Crippen molar-refractivity contribution in [3.05, 3.63) is 71.8 Å². The third-order valence-electron chi connectivity index (χ3n) is 8.79. The van der Waals surface area contributed by atoms with Gasteiger partial charge in [0.2, 0.25) is 11.8 Å². The van der Waals surface area contributed by atoms with Gasteiger partial charge in [0.1, 0.15) is 10.3 Å². The molecule has 0 radical (unpaired) electrons. The van der Waals surface area contributed by atoms with Crippen LogP contribution >= 0.6 is 15.9 Å². The highest BCUT2D eigenvalue weighted by atomic mass is 79.9. The van der Waals surface area contributed by atoms with Gasteiger partial charge in [-0.2, -0.15) is 13.2 Å². The van der Waals surface area contributed by atoms with Gasteiger partial charge in [-0.3, -0.25) is 19.3 Å². The van der Waals surface area contributed by atoms with E-state index >= 15 is 0 Å². The second-order valence-corrected chi connectivity index (χ2v) is 12.5. The fourth-order valence-electron chi connectivity index (χ4n) is 6.85. The summed E-state index contributed by atoms with van der Waals surface area (Å²) in [5.74, 6) is -5.21. The lowest BCUT2D eigenvalue weighted by atomic mass is 9.63. The van der Waals surface area contributed by atoms with Crippen molar-refractivity contribution in [1.82, 2.24) is 4.90 Å². The first kappa shape index (κ1) is 33.1. The lowest BCUT2D eigenvalue weighted by Gasteiger charge is -2.41. The van der Waals surface area contributed by atoms with Crippen LogP contribution in [0.4, 0.5) is 13.2 Å². The van der Waals surface area contributed by atoms with Crippen LogP contribution in [-0.2, 0) is 28.7 Å². The fraction of sp³-hybridized carbons (Fsp3) is 0.387. The monoisotopic (exact) mass is 678 g/mol. The van der Waals surface area contributed by atoms with E-state index in [1.165, 1.54) is 12.0 Å². The smallest absolute Gasteiger partial charge is 0.430 e. The largest absolute Gasteiger partial charge is 0.542 e. The topological polar surface area (TPSA) is 149 Å². The van der Waals surface area contributed by atoms with Crippen LogP contribution < -0.4 is 10.8 Å². The van der Waals surface area contributed by atoms with Gasteiger partial charge in [0.25, 0.3) is 0 Å². The minimum Gasteiger partial charge on any atom is -0.542 e. The van der Waals surface area contributed by atoms with Crippen LogP contribution in [0.25, 0.3) is 11.1 Å². The first-order chi connectivity index (χ1) is 20.5. The number of nitrogens with zero attached hydrogens (tertiary/aromatic N) is 1. The number of likely N-dealkylation sites (tertiary alicyclic amines) is 1. The van der Waals surface area contributed by atoms with Gasteiger partial charge in [0.05, 0.1) is 23.9 Å². The number of carboxylic acids is 1. The van der Waals surface area contributed by atoms with Crippen molar-refractivity contribution in [3.8, 4) is 0 Å². The predicted octanol–water partition coefficient (Wildman–Crippen LogP) is 2.19. The Balaban J connectivity index is 0.000000566. The molecule has 13 heteroatoms. The average Bonchev–Trinajstić information content (AvgIpc) is 3.37. The first-order valence-electron chi connectivity index (χ1n) is 13.6. The predicted molar refractivity (Wildman–Crippen MR) is 152 cm³/mol. The van der Waals surface area contributed by atoms with Gasteiger partial charge >= 0.3 is 12.1 Å². The Morgan fingerprint density at radius 3 is 1.93 bits per heavy atom. The normalized spacial score (nSPS) is 28.0. The lowest BCUT2D eigenvalue weighted by molar-refractivity contribution is -0.409. The van der Waals surface area contributed by atoms with E-state index in [0.29, 0.717) is 12.8 Å². The highest BCUT2D eigenvalue weighted by molar-refractivity contribution is 9.10. The lowest BCUT2D eigenvalue weighted by Crippen LogP contribution is -2.65. The minimum atomic E-state index is -5.19. The van der Waals surface area contributed by atoms with E-state index in [0.717, 1.165) is 22.3 Å². The van der Waals surface area contributed by atoms with Crippen molar-refractivity contribution in [2.24, 2.45) is 16.7 Å². The van der Waals surface area contributed by atoms with E-state index in [2.05, 4.69) is 21.7 Å². The number of aliphatic carboxylic acids is 1. The van der Waals surface area contributed by atoms with Gasteiger partial charge in [-0.05, 0) is 42.5 Å². The molecule has 2 aliphatic carbocycles. The number of rotatable bonds is 7. The number of amides is 2. The first-order valence-corrected chi connectivity index (χ1v) is 14.4. The number of imide groups is 1. The van der Waals surface area contributed by atoms with E-state index < -0.39 is 51.1 Å². The van der Waals surface area contributed by atoms with E-state index in [1.807, 2.05) is 67.6 Å². The fourth-order valence-corrected chi connectivity index (χ4v) is 8.10. The zero-order chi connectivity index (χ0) is 32.8. The van der Waals surface area contributed by atoms with Crippen molar-refractivity contribution >= 4 is 56.6 Å². The Bertz CT molecular complexity index is 1550. The van der Waals surface area contributed by atoms with Gasteiger partial charge in [-0.15, -0.1) is 0 Å². The van der Waals surface area contributed by atoms with Gasteiger partial charge in [-0.25, -0.2) is 4.79 Å². The van der Waals surface area contributed by atoms with Gasteiger partial charge in [0, 0.05) is 13.0 Å². The second kappa shape index (κ2) is 11.6. The third-order valence-corrected chi connectivity index (χ3v) is 10.4. The van der Waals surface area contributed by atoms with Crippen molar-refractivity contribution in [2.75, 3.05) is 13.7 Å². The molecular weight excluding hydrogens is 649 g/mol. The molecule has 0 spiro atoms. The Morgan fingerprint density at radius 1 is 1.00 bits per heavy atom. The molecule has 2 amide bonds. The molecule has 5 atom stereocenters. The maximum atomic E-state index is 14.4. The molecule has 9 nitrogen and oxygen atoms in total. The number of quaternary nitrogens is 1. The Hall–Kier alpha value is -3.84. The summed E-state index contributed by atoms with van der Waals surface area (Å²) in [7, 11) is 1.31. The maximum absolute atomic E-state index is 14.4. The molecule has 1 aliphatic heterocycles. The molecule has 1 saturated carbocycles. The van der Waals surface area contributed by atoms with Crippen LogP contribution in [0.2, 0.25) is 0 Å². The summed E-state index contributed by atoms with van der Waals surface area (Å²) in [5, 5.41) is 8.78. The van der Waals surface area contributed by atoms with Gasteiger partial charge in [-0.1, -0.05) is 76.6 Å². The highest BCUT2D eigenvalue weighted by Crippen LogP contribution is 2.77. The molecule has 44 heavy (non-hydrogen) atoms. The Labute approximate surface area is 259 Å². The van der Waals surface area contributed by atoms with Crippen LogP contribution in [0.3, 0.4) is 0 Å². The van der Waals surface area contributed by atoms with Crippen LogP contribution in [0.1, 0.15) is 37.8 Å². The maximum Gasteiger partial charge on any atom is 0.430 e. The van der Waals surface area contributed by atoms with Crippen LogP contribution in [0.15, 0.2) is 60.7 Å². The van der Waals surface area contributed by atoms with Crippen molar-refractivity contribution in [2.45, 2.75) is 43.2 Å². The molecular formula is C31H30BrF3N2O7. The van der Waals surface area contributed by atoms with Crippen molar-refractivity contribution in [1.29, 1.82) is 0 Å². The number of alkyl halides is 4. The van der Waals surface area contributed by atoms with Crippen molar-refractivity contribution in [3.63, 3.8) is 0 Å². The van der Waals surface area contributed by atoms with E-state index in [-0.39, 0.29) is 18.2 Å². The number of hydrogen-bond acceptors (Lipinski definition) is 7. The number of carbonyl (C=O) groups excluding carboxylic acids is 5. The number of fused-ring (bicyclic) bond motifs is 5. The summed E-state index contributed by atoms with van der Waals surface area (Å²) in [6.45, 7) is 3.77. The molecule has 2 aromatic rings. The number of Topliss-reactive ketones (excluding diaryl/α,β-unsaturated/α-hetero) is 1. The average molecular weight is 679 g/mol. The number of carbonyl (C=O) groups is 5. The molecule has 234 valence electrons. The van der Waals surface area contributed by atoms with E-state index in [9.17, 15) is 32.3 Å². The highest BCUT2D eigenvalue weighted by Gasteiger charge is 2.85. The molecule has 1 heterocycles. The summed E-state index contributed by atoms with van der Waals surface area (Å²) in [5.41, 5.74) is 4.66. The van der Waals surface area contributed by atoms with Gasteiger partial charge < -0.3 is 20.4 Å². The molecule has 2 aromatic carbocycles. The molecule has 3 aliphatic rings. The number of hydrogen-bond donors (Lipinski definition) is 1. The molecule has 3 N–H and O–H groups in total. The molecule has 0 aromatic heterocycles. The molecule has 4 unspecified atom stereocenters. The second-order valence-electron chi connectivity index (χ2n) is 11.2. The van der Waals surface area contributed by atoms with Gasteiger partial charge in [0.15, 0.2) is 11.8 Å². The quantitative estimate of drug-likeness (QED) is 0.268. The third kappa shape index (κ3) is 4.76. The van der Waals surface area contributed by atoms with Crippen LogP contribution in [0, 0.1) is 16.7 Å². The number of esters is 1. The number of carboxylic acid groups (broad SMARTS) is 1. The van der Waals surface area contributed by atoms with Crippen LogP contribution in [0.5, 0.6) is 0 Å². The molecule has 2 fully saturated rings. The number of allylic oxidation sites excluding steroid dienone is 2. The number of methoxy groups -OCH3 is 1. The SMILES string of the molecule is COC(=O)[C@@H]([NH3+])CCCN1C(=O)C2C3(C)C(=O)C(C)(C(c4ccccc4)=C3c3ccccc3)C2(Br)C1=O.O=C([O-])C(F)(F)F. The Morgan fingerprint density at radius 2 is 1.48 bits per heavy atom. The summed E-state index contributed by atoms with van der Waals surface area (Å²) in [4.78, 5) is 64.2. The van der Waals surface area contributed by atoms with Crippen molar-refractivity contribution < 1.29 is 52.7 Å². The summed E-state index contributed by atoms with van der Waals surface area (Å²) < 4.78 is 34.9. The number of ketones is 1. The molecule has 1 saturated heterocycles. The number of halogens is 4. The van der Waals surface area contributed by atoms with Crippen LogP contribution in [-0.4, -0.2) is 64.6 Å². The summed E-state index contributed by atoms with van der Waals surface area (Å²) in [6.07, 6.45) is -4.41. The number of benzene rings is 2. The zero-order valence-electron chi connectivity index (χ0n) is 24.1. The number of ether oxygens (including phenoxy) is 1. The van der Waals surface area contributed by atoms with E-state index in [4.69, 9.17) is 14.6 Å². The minimum absolute atomic E-state index is 0.121. The van der Waals surface area contributed by atoms with E-state index in [1.54, 1.807) is 6.92 Å². The molecule has 2 bridgehead atoms. The summed E-state index contributed by atoms with van der Waals surface area (Å²) in [6, 6.07) is 18.7.